The van der Waals surface area contributed by atoms with Crippen LogP contribution in [0.25, 0.3) is 0 Å². The Morgan fingerprint density at radius 1 is 1.24 bits per heavy atom. The number of hydrogen-bond donors (Lipinski definition) is 0. The first-order valence-corrected chi connectivity index (χ1v) is 5.80. The average molecular weight is 235 g/mol. The summed E-state index contributed by atoms with van der Waals surface area (Å²) in [5, 5.41) is 1.44. The third-order valence-corrected chi connectivity index (χ3v) is 2.67. The smallest absolute Gasteiger partial charge is 0.252 e. The van der Waals surface area contributed by atoms with Gasteiger partial charge >= 0.3 is 0 Å². The first-order chi connectivity index (χ1) is 7.88. The van der Waals surface area contributed by atoms with Gasteiger partial charge in [-0.2, -0.15) is 0 Å². The number of nitrogens with zero attached hydrogens (tertiary/aromatic N) is 1. The third-order valence-electron chi connectivity index (χ3n) is 2.67. The molecule has 1 atom stereocenters. The second-order valence-corrected chi connectivity index (χ2v) is 5.15. The lowest BCUT2D eigenvalue weighted by atomic mass is 9.94. The number of hydroxylamine groups is 2. The minimum atomic E-state index is -0.445. The van der Waals surface area contributed by atoms with E-state index in [0.717, 1.165) is 5.56 Å². The highest BCUT2D eigenvalue weighted by Crippen LogP contribution is 2.26. The molecule has 17 heavy (non-hydrogen) atoms. The van der Waals surface area contributed by atoms with Crippen molar-refractivity contribution < 1.29 is 9.63 Å². The van der Waals surface area contributed by atoms with E-state index in [1.807, 2.05) is 58.0 Å². The van der Waals surface area contributed by atoms with E-state index in [4.69, 9.17) is 4.84 Å². The van der Waals surface area contributed by atoms with Gasteiger partial charge in [0.2, 0.25) is 0 Å². The summed E-state index contributed by atoms with van der Waals surface area (Å²) >= 11 is 0. The summed E-state index contributed by atoms with van der Waals surface area (Å²) < 4.78 is 0. The van der Waals surface area contributed by atoms with E-state index in [9.17, 15) is 4.79 Å². The number of benzene rings is 1. The van der Waals surface area contributed by atoms with Gasteiger partial charge in [-0.3, -0.25) is 9.63 Å². The van der Waals surface area contributed by atoms with E-state index in [2.05, 4.69) is 0 Å². The molecule has 94 valence electrons. The van der Waals surface area contributed by atoms with Gasteiger partial charge in [0.25, 0.3) is 5.91 Å². The Morgan fingerprint density at radius 3 is 2.18 bits per heavy atom. The van der Waals surface area contributed by atoms with Crippen molar-refractivity contribution in [3.63, 3.8) is 0 Å². The number of amides is 1. The fourth-order valence-corrected chi connectivity index (χ4v) is 1.61. The van der Waals surface area contributed by atoms with Crippen LogP contribution in [0.4, 0.5) is 0 Å². The zero-order chi connectivity index (χ0) is 13.1. The molecule has 1 aromatic carbocycles. The van der Waals surface area contributed by atoms with Crippen LogP contribution in [-0.4, -0.2) is 18.1 Å². The number of rotatable bonds is 3. The van der Waals surface area contributed by atoms with Crippen LogP contribution in [0.2, 0.25) is 0 Å². The van der Waals surface area contributed by atoms with E-state index < -0.39 is 5.41 Å². The van der Waals surface area contributed by atoms with E-state index in [0.29, 0.717) is 0 Å². The van der Waals surface area contributed by atoms with E-state index in [-0.39, 0.29) is 11.9 Å². The Hall–Kier alpha value is -1.35. The molecule has 0 bridgehead atoms. The van der Waals surface area contributed by atoms with Crippen molar-refractivity contribution in [2.45, 2.75) is 33.7 Å². The fourth-order valence-electron chi connectivity index (χ4n) is 1.61. The van der Waals surface area contributed by atoms with Crippen LogP contribution < -0.4 is 0 Å². The summed E-state index contributed by atoms with van der Waals surface area (Å²) in [4.78, 5) is 17.5. The topological polar surface area (TPSA) is 29.5 Å². The van der Waals surface area contributed by atoms with Crippen molar-refractivity contribution in [1.29, 1.82) is 0 Å². The summed E-state index contributed by atoms with van der Waals surface area (Å²) in [6, 6.07) is 9.77. The molecule has 0 aliphatic rings. The Bertz CT molecular complexity index is 368. The first-order valence-electron chi connectivity index (χ1n) is 5.80. The molecule has 0 N–H and O–H groups in total. The molecular weight excluding hydrogens is 214 g/mol. The molecule has 0 heterocycles. The summed E-state index contributed by atoms with van der Waals surface area (Å²) in [5.41, 5.74) is 0.617. The van der Waals surface area contributed by atoms with Crippen LogP contribution >= 0.6 is 0 Å². The van der Waals surface area contributed by atoms with Gasteiger partial charge < -0.3 is 0 Å². The largest absolute Gasteiger partial charge is 0.274 e. The molecule has 0 saturated heterocycles. The van der Waals surface area contributed by atoms with Crippen LogP contribution in [0.3, 0.4) is 0 Å². The maximum Gasteiger partial charge on any atom is 0.252 e. The highest BCUT2D eigenvalue weighted by molar-refractivity contribution is 5.80. The van der Waals surface area contributed by atoms with Gasteiger partial charge in [-0.25, -0.2) is 5.06 Å². The highest BCUT2D eigenvalue weighted by atomic mass is 16.7. The van der Waals surface area contributed by atoms with E-state index in [1.54, 1.807) is 0 Å². The standard InChI is InChI=1S/C14H21NO2/c1-11(12-9-7-6-8-10-12)15(17-5)13(16)14(2,3)4/h6-11H,1-5H3. The van der Waals surface area contributed by atoms with Gasteiger partial charge in [0, 0.05) is 5.41 Å². The molecule has 1 amide bonds. The molecule has 0 aromatic heterocycles. The Balaban J connectivity index is 2.93. The van der Waals surface area contributed by atoms with E-state index >= 15 is 0 Å². The second-order valence-electron chi connectivity index (χ2n) is 5.15. The number of carbonyl (C=O) groups is 1. The summed E-state index contributed by atoms with van der Waals surface area (Å²) in [5.74, 6) is -0.0173. The molecular formula is C14H21NO2. The van der Waals surface area contributed by atoms with Crippen molar-refractivity contribution in [3.05, 3.63) is 35.9 Å². The Morgan fingerprint density at radius 2 is 1.76 bits per heavy atom. The fraction of sp³-hybridized carbons (Fsp3) is 0.500. The molecule has 3 heteroatoms. The second kappa shape index (κ2) is 5.32. The monoisotopic (exact) mass is 235 g/mol. The van der Waals surface area contributed by atoms with Crippen LogP contribution in [0, 0.1) is 5.41 Å². The molecule has 0 saturated carbocycles. The zero-order valence-electron chi connectivity index (χ0n) is 11.2. The quantitative estimate of drug-likeness (QED) is 0.753. The number of carbonyl (C=O) groups excluding carboxylic acids is 1. The predicted octanol–water partition coefficient (Wildman–Crippen LogP) is 3.18. The molecule has 1 unspecified atom stereocenters. The lowest BCUT2D eigenvalue weighted by Gasteiger charge is -2.32. The normalized spacial score (nSPS) is 13.2. The molecule has 0 aliphatic heterocycles. The van der Waals surface area contributed by atoms with Gasteiger partial charge in [-0.15, -0.1) is 0 Å². The Kier molecular flexibility index (Phi) is 4.29. The molecule has 3 nitrogen and oxygen atoms in total. The minimum absolute atomic E-state index is 0.0173. The summed E-state index contributed by atoms with van der Waals surface area (Å²) in [7, 11) is 1.53. The molecule has 0 radical (unpaired) electrons. The van der Waals surface area contributed by atoms with E-state index in [1.165, 1.54) is 12.2 Å². The summed E-state index contributed by atoms with van der Waals surface area (Å²) in [6.07, 6.45) is 0. The molecule has 1 aromatic rings. The highest BCUT2D eigenvalue weighted by Gasteiger charge is 2.31. The van der Waals surface area contributed by atoms with Crippen molar-refractivity contribution in [2.24, 2.45) is 5.41 Å². The Labute approximate surface area is 103 Å². The number of hydrogen-bond acceptors (Lipinski definition) is 2. The molecule has 1 rings (SSSR count). The van der Waals surface area contributed by atoms with Crippen molar-refractivity contribution in [2.75, 3.05) is 7.11 Å². The van der Waals surface area contributed by atoms with Gasteiger partial charge in [-0.1, -0.05) is 51.1 Å². The van der Waals surface area contributed by atoms with Crippen molar-refractivity contribution >= 4 is 5.91 Å². The SMILES string of the molecule is CON(C(=O)C(C)(C)C)C(C)c1ccccc1. The molecule has 0 spiro atoms. The van der Waals surface area contributed by atoms with Crippen LogP contribution in [0.1, 0.15) is 39.3 Å². The van der Waals surface area contributed by atoms with Gasteiger partial charge in [0.15, 0.2) is 0 Å². The van der Waals surface area contributed by atoms with Crippen LogP contribution in [0.15, 0.2) is 30.3 Å². The maximum absolute atomic E-state index is 12.2. The van der Waals surface area contributed by atoms with Gasteiger partial charge in [-0.05, 0) is 12.5 Å². The zero-order valence-corrected chi connectivity index (χ0v) is 11.2. The van der Waals surface area contributed by atoms with Crippen molar-refractivity contribution in [1.82, 2.24) is 5.06 Å². The van der Waals surface area contributed by atoms with Crippen LogP contribution in [-0.2, 0) is 9.63 Å². The predicted molar refractivity (Wildman–Crippen MR) is 68.2 cm³/mol. The first kappa shape index (κ1) is 13.7. The minimum Gasteiger partial charge on any atom is -0.274 e. The lowest BCUT2D eigenvalue weighted by Crippen LogP contribution is -2.40. The average Bonchev–Trinajstić information content (AvgIpc) is 2.29. The summed E-state index contributed by atoms with van der Waals surface area (Å²) in [6.45, 7) is 7.62. The molecule has 0 fully saturated rings. The van der Waals surface area contributed by atoms with Crippen molar-refractivity contribution in [3.8, 4) is 0 Å². The third kappa shape index (κ3) is 3.30. The van der Waals surface area contributed by atoms with Gasteiger partial charge in [0.05, 0.1) is 13.2 Å². The maximum atomic E-state index is 12.2. The lowest BCUT2D eigenvalue weighted by molar-refractivity contribution is -0.196. The van der Waals surface area contributed by atoms with Crippen LogP contribution in [0.5, 0.6) is 0 Å². The molecule has 0 aliphatic carbocycles. The van der Waals surface area contributed by atoms with Gasteiger partial charge in [0.1, 0.15) is 0 Å².